The molecule has 0 unspecified atom stereocenters. The number of nitrogen functional groups attached to an aromatic ring is 1. The first kappa shape index (κ1) is 11.3. The average molecular weight is 255 g/mol. The van der Waals surface area contributed by atoms with E-state index in [2.05, 4.69) is 15.1 Å². The Morgan fingerprint density at radius 1 is 1.11 bits per heavy atom. The minimum atomic E-state index is -0.287. The van der Waals surface area contributed by atoms with Crippen molar-refractivity contribution in [3.8, 4) is 17.1 Å². The van der Waals surface area contributed by atoms with Crippen LogP contribution >= 0.6 is 0 Å². The van der Waals surface area contributed by atoms with Crippen LogP contribution in [0, 0.1) is 5.82 Å². The first-order valence-corrected chi connectivity index (χ1v) is 5.62. The second-order valence-electron chi connectivity index (χ2n) is 3.94. The van der Waals surface area contributed by atoms with Crippen LogP contribution in [0.2, 0.25) is 0 Å². The zero-order valence-electron chi connectivity index (χ0n) is 9.86. The third-order valence-electron chi connectivity index (χ3n) is 2.64. The largest absolute Gasteiger partial charge is 0.384 e. The van der Waals surface area contributed by atoms with Crippen LogP contribution in [0.1, 0.15) is 0 Å². The Balaban J connectivity index is 2.04. The average Bonchev–Trinajstić information content (AvgIpc) is 2.83. The van der Waals surface area contributed by atoms with Gasteiger partial charge in [0.25, 0.3) is 0 Å². The lowest BCUT2D eigenvalue weighted by molar-refractivity contribution is 0.628. The summed E-state index contributed by atoms with van der Waals surface area (Å²) in [6, 6.07) is 7.78. The quantitative estimate of drug-likeness (QED) is 0.760. The van der Waals surface area contributed by atoms with Crippen molar-refractivity contribution in [3.63, 3.8) is 0 Å². The summed E-state index contributed by atoms with van der Waals surface area (Å²) in [5, 5.41) is 4.35. The molecule has 0 aliphatic heterocycles. The van der Waals surface area contributed by atoms with Crippen molar-refractivity contribution < 1.29 is 4.39 Å². The lowest BCUT2D eigenvalue weighted by Gasteiger charge is -2.00. The molecule has 0 atom stereocenters. The molecule has 0 aliphatic carbocycles. The number of nitrogens with two attached hydrogens (primary N) is 1. The highest BCUT2D eigenvalue weighted by Gasteiger charge is 2.09. The summed E-state index contributed by atoms with van der Waals surface area (Å²) in [6.07, 6.45) is 4.70. The maximum atomic E-state index is 12.9. The Morgan fingerprint density at radius 3 is 2.58 bits per heavy atom. The van der Waals surface area contributed by atoms with E-state index in [4.69, 9.17) is 5.73 Å². The Kier molecular flexibility index (Phi) is 2.68. The Morgan fingerprint density at radius 2 is 1.89 bits per heavy atom. The van der Waals surface area contributed by atoms with Gasteiger partial charge in [0.15, 0.2) is 5.82 Å². The van der Waals surface area contributed by atoms with Crippen molar-refractivity contribution in [2.24, 2.45) is 0 Å². The molecule has 0 radical (unpaired) electrons. The highest BCUT2D eigenvalue weighted by atomic mass is 19.1. The number of anilines is 1. The fourth-order valence-corrected chi connectivity index (χ4v) is 1.74. The minimum absolute atomic E-state index is 0.287. The van der Waals surface area contributed by atoms with Gasteiger partial charge in [-0.2, -0.15) is 9.78 Å². The topological polar surface area (TPSA) is 69.6 Å². The molecule has 3 rings (SSSR count). The van der Waals surface area contributed by atoms with Gasteiger partial charge < -0.3 is 5.73 Å². The molecule has 2 N–H and O–H groups in total. The number of benzene rings is 1. The molecule has 0 spiro atoms. The van der Waals surface area contributed by atoms with Gasteiger partial charge in [0.05, 0.1) is 11.9 Å². The molecule has 0 fully saturated rings. The normalized spacial score (nSPS) is 10.6. The summed E-state index contributed by atoms with van der Waals surface area (Å²) in [7, 11) is 0. The van der Waals surface area contributed by atoms with Crippen LogP contribution in [0.15, 0.2) is 48.9 Å². The lowest BCUT2D eigenvalue weighted by Crippen LogP contribution is -2.03. The fourth-order valence-electron chi connectivity index (χ4n) is 1.74. The van der Waals surface area contributed by atoms with Crippen molar-refractivity contribution in [2.45, 2.75) is 0 Å². The van der Waals surface area contributed by atoms with E-state index >= 15 is 0 Å². The van der Waals surface area contributed by atoms with E-state index in [9.17, 15) is 4.39 Å². The molecule has 2 heterocycles. The highest BCUT2D eigenvalue weighted by molar-refractivity contribution is 5.63. The van der Waals surface area contributed by atoms with E-state index in [1.807, 2.05) is 0 Å². The number of rotatable bonds is 2. The van der Waals surface area contributed by atoms with E-state index in [0.717, 1.165) is 5.56 Å². The van der Waals surface area contributed by atoms with Crippen molar-refractivity contribution in [1.82, 2.24) is 19.7 Å². The molecular formula is C13H10FN5. The van der Waals surface area contributed by atoms with Crippen LogP contribution in [0.25, 0.3) is 17.1 Å². The van der Waals surface area contributed by atoms with Crippen molar-refractivity contribution in [2.75, 3.05) is 5.73 Å². The molecule has 0 saturated carbocycles. The molecule has 3 aromatic rings. The molecule has 5 nitrogen and oxygen atoms in total. The van der Waals surface area contributed by atoms with Gasteiger partial charge in [-0.3, -0.25) is 4.98 Å². The monoisotopic (exact) mass is 255 g/mol. The molecule has 1 aromatic carbocycles. The van der Waals surface area contributed by atoms with Gasteiger partial charge in [-0.15, -0.1) is 0 Å². The molecule has 94 valence electrons. The summed E-state index contributed by atoms with van der Waals surface area (Å²) in [4.78, 5) is 8.10. The molecule has 19 heavy (non-hydrogen) atoms. The molecular weight excluding hydrogens is 245 g/mol. The van der Waals surface area contributed by atoms with Crippen molar-refractivity contribution in [1.29, 1.82) is 0 Å². The van der Waals surface area contributed by atoms with E-state index in [1.54, 1.807) is 36.8 Å². The third-order valence-corrected chi connectivity index (χ3v) is 2.64. The third kappa shape index (κ3) is 2.15. The standard InChI is InChI=1S/C13H10FN5/c14-10-3-1-9(2-4-10)11-7-12(15)19(18-11)13-8-16-5-6-17-13/h1-8H,15H2. The van der Waals surface area contributed by atoms with Crippen LogP contribution in [-0.2, 0) is 0 Å². The van der Waals surface area contributed by atoms with Gasteiger partial charge in [0.2, 0.25) is 0 Å². The molecule has 0 saturated heterocycles. The van der Waals surface area contributed by atoms with Gasteiger partial charge in [-0.05, 0) is 24.3 Å². The number of aromatic nitrogens is 4. The summed E-state index contributed by atoms with van der Waals surface area (Å²) in [5.74, 6) is 0.693. The number of hydrogen-bond donors (Lipinski definition) is 1. The van der Waals surface area contributed by atoms with Gasteiger partial charge in [0, 0.05) is 24.0 Å². The lowest BCUT2D eigenvalue weighted by atomic mass is 10.1. The molecule has 0 aliphatic rings. The van der Waals surface area contributed by atoms with Crippen LogP contribution in [0.5, 0.6) is 0 Å². The zero-order chi connectivity index (χ0) is 13.2. The first-order valence-electron chi connectivity index (χ1n) is 5.62. The minimum Gasteiger partial charge on any atom is -0.384 e. The summed E-state index contributed by atoms with van der Waals surface area (Å²) < 4.78 is 14.4. The Labute approximate surface area is 108 Å². The fraction of sp³-hybridized carbons (Fsp3) is 0. The molecule has 2 aromatic heterocycles. The van der Waals surface area contributed by atoms with Crippen LogP contribution < -0.4 is 5.73 Å². The highest BCUT2D eigenvalue weighted by Crippen LogP contribution is 2.22. The van der Waals surface area contributed by atoms with Gasteiger partial charge >= 0.3 is 0 Å². The predicted octanol–water partition coefficient (Wildman–Crippen LogP) is 2.05. The van der Waals surface area contributed by atoms with Crippen molar-refractivity contribution in [3.05, 3.63) is 54.7 Å². The smallest absolute Gasteiger partial charge is 0.174 e. The Hall–Kier alpha value is -2.76. The summed E-state index contributed by atoms with van der Waals surface area (Å²) >= 11 is 0. The maximum absolute atomic E-state index is 12.9. The number of nitrogens with zero attached hydrogens (tertiary/aromatic N) is 4. The second-order valence-corrected chi connectivity index (χ2v) is 3.94. The van der Waals surface area contributed by atoms with Gasteiger partial charge in [-0.25, -0.2) is 9.37 Å². The molecule has 0 bridgehead atoms. The van der Waals surface area contributed by atoms with Gasteiger partial charge in [0.1, 0.15) is 11.6 Å². The predicted molar refractivity (Wildman–Crippen MR) is 69.0 cm³/mol. The number of hydrogen-bond acceptors (Lipinski definition) is 4. The second kappa shape index (κ2) is 4.49. The van der Waals surface area contributed by atoms with Gasteiger partial charge in [-0.1, -0.05) is 0 Å². The Bertz CT molecular complexity index is 691. The summed E-state index contributed by atoms with van der Waals surface area (Å²) in [6.45, 7) is 0. The van der Waals surface area contributed by atoms with Crippen LogP contribution in [-0.4, -0.2) is 19.7 Å². The van der Waals surface area contributed by atoms with Crippen LogP contribution in [0.4, 0.5) is 10.2 Å². The molecule has 0 amide bonds. The zero-order valence-corrected chi connectivity index (χ0v) is 9.86. The molecule has 6 heteroatoms. The first-order chi connectivity index (χ1) is 9.24. The summed E-state index contributed by atoms with van der Waals surface area (Å²) in [5.41, 5.74) is 7.34. The van der Waals surface area contributed by atoms with Crippen molar-refractivity contribution >= 4 is 5.82 Å². The van der Waals surface area contributed by atoms with E-state index in [1.165, 1.54) is 16.8 Å². The van der Waals surface area contributed by atoms with Crippen LogP contribution in [0.3, 0.4) is 0 Å². The van der Waals surface area contributed by atoms with E-state index < -0.39 is 0 Å². The maximum Gasteiger partial charge on any atom is 0.174 e. The SMILES string of the molecule is Nc1cc(-c2ccc(F)cc2)nn1-c1cnccn1. The van der Waals surface area contributed by atoms with E-state index in [0.29, 0.717) is 17.3 Å². The number of halogens is 1. The van der Waals surface area contributed by atoms with E-state index in [-0.39, 0.29) is 5.82 Å².